The van der Waals surface area contributed by atoms with Crippen molar-refractivity contribution in [3.63, 3.8) is 0 Å². The molecule has 1 N–H and O–H groups in total. The number of amides is 1. The van der Waals surface area contributed by atoms with E-state index in [9.17, 15) is 4.79 Å². The second kappa shape index (κ2) is 7.16. The maximum absolute atomic E-state index is 12.7. The molecule has 142 valence electrons. The predicted molar refractivity (Wildman–Crippen MR) is 105 cm³/mol. The van der Waals surface area contributed by atoms with Gasteiger partial charge in [0.15, 0.2) is 0 Å². The number of nitrogens with one attached hydrogen (secondary N) is 1. The third kappa shape index (κ3) is 3.29. The van der Waals surface area contributed by atoms with Crippen molar-refractivity contribution in [1.82, 2.24) is 24.6 Å². The molecule has 5 rings (SSSR count). The average Bonchev–Trinajstić information content (AvgIpc) is 3.30. The second-order valence-corrected chi connectivity index (χ2v) is 7.65. The van der Waals surface area contributed by atoms with Gasteiger partial charge in [0.2, 0.25) is 5.82 Å². The summed E-state index contributed by atoms with van der Waals surface area (Å²) in [5.41, 5.74) is 2.01. The fraction of sp³-hybridized carbons (Fsp3) is 0.333. The molecule has 2 atom stereocenters. The molecular weight excluding hydrogens is 352 g/mol. The molecule has 0 bridgehead atoms. The molecule has 7 heteroatoms. The zero-order valence-corrected chi connectivity index (χ0v) is 15.5. The summed E-state index contributed by atoms with van der Waals surface area (Å²) in [5.74, 6) is 2.21. The number of hydrogen-bond acceptors (Lipinski definition) is 5. The van der Waals surface area contributed by atoms with Crippen molar-refractivity contribution >= 4 is 11.6 Å². The van der Waals surface area contributed by atoms with E-state index in [1.165, 1.54) is 5.56 Å². The van der Waals surface area contributed by atoms with Crippen LogP contribution in [0, 0.1) is 11.8 Å². The van der Waals surface area contributed by atoms with Crippen LogP contribution in [0.3, 0.4) is 0 Å². The Bertz CT molecular complexity index is 971. The number of benzene rings is 1. The zero-order chi connectivity index (χ0) is 18.9. The molecule has 2 aliphatic heterocycles. The molecule has 7 nitrogen and oxygen atoms in total. The summed E-state index contributed by atoms with van der Waals surface area (Å²) >= 11 is 0. The Balaban J connectivity index is 1.29. The van der Waals surface area contributed by atoms with Gasteiger partial charge in [-0.05, 0) is 35.6 Å². The number of rotatable bonds is 4. The van der Waals surface area contributed by atoms with Gasteiger partial charge in [-0.3, -0.25) is 14.7 Å². The van der Waals surface area contributed by atoms with Gasteiger partial charge in [-0.2, -0.15) is 0 Å². The fourth-order valence-corrected chi connectivity index (χ4v) is 4.38. The number of nitrogens with zero attached hydrogens (tertiary/aromatic N) is 5. The molecule has 1 fully saturated rings. The van der Waals surface area contributed by atoms with Gasteiger partial charge in [-0.1, -0.05) is 24.3 Å². The van der Waals surface area contributed by atoms with Gasteiger partial charge in [-0.25, -0.2) is 0 Å². The molecule has 0 unspecified atom stereocenters. The molecule has 4 heterocycles. The summed E-state index contributed by atoms with van der Waals surface area (Å²) in [4.78, 5) is 19.4. The van der Waals surface area contributed by atoms with E-state index in [0.29, 0.717) is 17.7 Å². The Kier molecular flexibility index (Phi) is 4.37. The van der Waals surface area contributed by atoms with Crippen LogP contribution in [0.1, 0.15) is 22.0 Å². The highest BCUT2D eigenvalue weighted by atomic mass is 16.2. The summed E-state index contributed by atoms with van der Waals surface area (Å²) < 4.78 is 2.01. The molecule has 0 aliphatic carbocycles. The van der Waals surface area contributed by atoms with Crippen LogP contribution in [-0.4, -0.2) is 43.6 Å². The van der Waals surface area contributed by atoms with Crippen LogP contribution in [0.5, 0.6) is 0 Å². The highest BCUT2D eigenvalue weighted by molar-refractivity contribution is 6.01. The van der Waals surface area contributed by atoms with Gasteiger partial charge < -0.3 is 9.88 Å². The molecule has 1 saturated heterocycles. The van der Waals surface area contributed by atoms with E-state index in [0.717, 1.165) is 44.1 Å². The minimum atomic E-state index is -0.200. The standard InChI is InChI=1S/C21H22N6O/c28-21(23-18-6-2-1-3-7-18)20-25-24-19-9-16-12-26(13-17(16)14-27(19)20)11-15-5-4-8-22-10-15/h1-8,10,16-17H,9,11-14H2,(H,23,28)/t16-,17-/m0/s1. The zero-order valence-electron chi connectivity index (χ0n) is 15.5. The van der Waals surface area contributed by atoms with Crippen molar-refractivity contribution < 1.29 is 4.79 Å². The Labute approximate surface area is 163 Å². The van der Waals surface area contributed by atoms with Crippen molar-refractivity contribution in [3.05, 3.63) is 72.1 Å². The minimum Gasteiger partial charge on any atom is -0.319 e. The van der Waals surface area contributed by atoms with Crippen LogP contribution in [0.4, 0.5) is 5.69 Å². The van der Waals surface area contributed by atoms with E-state index < -0.39 is 0 Å². The van der Waals surface area contributed by atoms with E-state index >= 15 is 0 Å². The van der Waals surface area contributed by atoms with Crippen LogP contribution < -0.4 is 5.32 Å². The lowest BCUT2D eigenvalue weighted by atomic mass is 9.89. The highest BCUT2D eigenvalue weighted by Gasteiger charge is 2.39. The molecule has 0 radical (unpaired) electrons. The van der Waals surface area contributed by atoms with Crippen LogP contribution in [0.15, 0.2) is 54.9 Å². The number of likely N-dealkylation sites (tertiary alicyclic amines) is 1. The normalized spacial score (nSPS) is 21.1. The summed E-state index contributed by atoms with van der Waals surface area (Å²) in [7, 11) is 0. The highest BCUT2D eigenvalue weighted by Crippen LogP contribution is 2.33. The van der Waals surface area contributed by atoms with Crippen molar-refractivity contribution in [1.29, 1.82) is 0 Å². The molecule has 28 heavy (non-hydrogen) atoms. The van der Waals surface area contributed by atoms with Crippen LogP contribution in [0.25, 0.3) is 0 Å². The molecule has 0 saturated carbocycles. The molecule has 1 amide bonds. The minimum absolute atomic E-state index is 0.200. The van der Waals surface area contributed by atoms with Crippen molar-refractivity contribution in [3.8, 4) is 0 Å². The Morgan fingerprint density at radius 2 is 1.89 bits per heavy atom. The van der Waals surface area contributed by atoms with E-state index in [1.54, 1.807) is 6.20 Å². The van der Waals surface area contributed by atoms with E-state index in [2.05, 4.69) is 31.5 Å². The summed E-state index contributed by atoms with van der Waals surface area (Å²) in [6.07, 6.45) is 4.62. The van der Waals surface area contributed by atoms with Crippen molar-refractivity contribution in [2.75, 3.05) is 18.4 Å². The lowest BCUT2D eigenvalue weighted by Gasteiger charge is -2.25. The van der Waals surface area contributed by atoms with Gasteiger partial charge in [0.25, 0.3) is 5.91 Å². The molecule has 1 aromatic carbocycles. The molecule has 0 spiro atoms. The molecule has 3 aromatic rings. The first-order valence-corrected chi connectivity index (χ1v) is 9.66. The maximum Gasteiger partial charge on any atom is 0.293 e. The summed E-state index contributed by atoms with van der Waals surface area (Å²) in [6.45, 7) is 3.80. The monoisotopic (exact) mass is 374 g/mol. The molecule has 2 aliphatic rings. The SMILES string of the molecule is O=C(Nc1ccccc1)c1nnc2n1C[C@@H]1CN(Cc3cccnc3)C[C@@H]1C2. The second-order valence-electron chi connectivity index (χ2n) is 7.65. The van der Waals surface area contributed by atoms with Crippen molar-refractivity contribution in [2.45, 2.75) is 19.5 Å². The van der Waals surface area contributed by atoms with Gasteiger partial charge in [0.1, 0.15) is 5.82 Å². The summed E-state index contributed by atoms with van der Waals surface area (Å²) in [6, 6.07) is 13.6. The van der Waals surface area contributed by atoms with E-state index in [1.807, 2.05) is 47.2 Å². The van der Waals surface area contributed by atoms with Gasteiger partial charge in [0.05, 0.1) is 0 Å². The number of para-hydroxylation sites is 1. The lowest BCUT2D eigenvalue weighted by molar-refractivity contribution is 0.100. The van der Waals surface area contributed by atoms with Gasteiger partial charge in [-0.15, -0.1) is 10.2 Å². The van der Waals surface area contributed by atoms with Gasteiger partial charge in [0, 0.05) is 50.7 Å². The van der Waals surface area contributed by atoms with Crippen LogP contribution in [-0.2, 0) is 19.5 Å². The fourth-order valence-electron chi connectivity index (χ4n) is 4.38. The maximum atomic E-state index is 12.7. The molecule has 2 aromatic heterocycles. The average molecular weight is 374 g/mol. The van der Waals surface area contributed by atoms with E-state index in [-0.39, 0.29) is 5.91 Å². The summed E-state index contributed by atoms with van der Waals surface area (Å²) in [5, 5.41) is 11.4. The van der Waals surface area contributed by atoms with Crippen LogP contribution in [0.2, 0.25) is 0 Å². The first-order valence-electron chi connectivity index (χ1n) is 9.66. The largest absolute Gasteiger partial charge is 0.319 e. The number of anilines is 1. The topological polar surface area (TPSA) is 75.9 Å². The van der Waals surface area contributed by atoms with E-state index in [4.69, 9.17) is 0 Å². The Morgan fingerprint density at radius 1 is 1.04 bits per heavy atom. The number of aromatic nitrogens is 4. The van der Waals surface area contributed by atoms with Gasteiger partial charge >= 0.3 is 0 Å². The third-order valence-electron chi connectivity index (χ3n) is 5.71. The Hall–Kier alpha value is -3.06. The first kappa shape index (κ1) is 17.1. The predicted octanol–water partition coefficient (Wildman–Crippen LogP) is 2.23. The Morgan fingerprint density at radius 3 is 2.71 bits per heavy atom. The van der Waals surface area contributed by atoms with Crippen LogP contribution >= 0.6 is 0 Å². The van der Waals surface area contributed by atoms with Crippen molar-refractivity contribution in [2.24, 2.45) is 11.8 Å². The molecular formula is C21H22N6O. The number of fused-ring (bicyclic) bond motifs is 2. The number of pyridine rings is 1. The lowest BCUT2D eigenvalue weighted by Crippen LogP contribution is -2.31. The quantitative estimate of drug-likeness (QED) is 0.758. The smallest absolute Gasteiger partial charge is 0.293 e. The number of carbonyl (C=O) groups excluding carboxylic acids is 1. The number of carbonyl (C=O) groups is 1. The number of hydrogen-bond donors (Lipinski definition) is 1. The first-order chi connectivity index (χ1) is 13.8. The third-order valence-corrected chi connectivity index (χ3v) is 5.71.